The molecule has 1 aliphatic rings. The van der Waals surface area contributed by atoms with Gasteiger partial charge in [0.15, 0.2) is 0 Å². The van der Waals surface area contributed by atoms with Gasteiger partial charge in [0.2, 0.25) is 0 Å². The zero-order chi connectivity index (χ0) is 21.5. The molecule has 1 atom stereocenters. The maximum atomic E-state index is 12.5. The fourth-order valence-corrected chi connectivity index (χ4v) is 5.01. The quantitative estimate of drug-likeness (QED) is 0.421. The molecule has 2 aromatic carbocycles. The lowest BCUT2D eigenvalue weighted by Gasteiger charge is -2.21. The third-order valence-corrected chi connectivity index (χ3v) is 6.98. The molecule has 164 valence electrons. The second-order valence-corrected chi connectivity index (χ2v) is 9.15. The molecule has 31 heavy (non-hydrogen) atoms. The molecule has 0 spiro atoms. The molecule has 1 aliphatic heterocycles. The highest BCUT2D eigenvalue weighted by Gasteiger charge is 2.16. The van der Waals surface area contributed by atoms with Gasteiger partial charge in [-0.1, -0.05) is 30.3 Å². The van der Waals surface area contributed by atoms with Gasteiger partial charge in [0, 0.05) is 47.0 Å². The minimum atomic E-state index is -0.369. The number of carbonyl (C=O) groups excluding carboxylic acids is 1. The SMILES string of the molecule is O=C(Nc1cccc(CSC2CCOCC2)c1)NC(CO)Cc1c[nH]c2ccccc12. The Morgan fingerprint density at radius 2 is 2.03 bits per heavy atom. The molecule has 1 saturated heterocycles. The van der Waals surface area contributed by atoms with Gasteiger partial charge < -0.3 is 25.5 Å². The van der Waals surface area contributed by atoms with Gasteiger partial charge in [0.1, 0.15) is 0 Å². The van der Waals surface area contributed by atoms with Crippen LogP contribution in [0.15, 0.2) is 54.7 Å². The van der Waals surface area contributed by atoms with E-state index in [2.05, 4.69) is 21.7 Å². The highest BCUT2D eigenvalue weighted by Crippen LogP contribution is 2.26. The number of benzene rings is 2. The second kappa shape index (κ2) is 10.7. The Morgan fingerprint density at radius 3 is 2.87 bits per heavy atom. The second-order valence-electron chi connectivity index (χ2n) is 7.86. The average Bonchev–Trinajstić information content (AvgIpc) is 3.21. The Bertz CT molecular complexity index is 1000. The summed E-state index contributed by atoms with van der Waals surface area (Å²) in [6.45, 7) is 1.57. The fraction of sp³-hybridized carbons (Fsp3) is 0.375. The third-order valence-electron chi connectivity index (χ3n) is 5.54. The van der Waals surface area contributed by atoms with Gasteiger partial charge >= 0.3 is 6.03 Å². The minimum Gasteiger partial charge on any atom is -0.394 e. The van der Waals surface area contributed by atoms with E-state index < -0.39 is 0 Å². The Morgan fingerprint density at radius 1 is 1.19 bits per heavy atom. The maximum absolute atomic E-state index is 12.5. The number of H-pyrrole nitrogens is 1. The maximum Gasteiger partial charge on any atom is 0.319 e. The molecule has 0 bridgehead atoms. The highest BCUT2D eigenvalue weighted by atomic mass is 32.2. The first-order chi connectivity index (χ1) is 15.2. The van der Waals surface area contributed by atoms with Crippen LogP contribution in [-0.4, -0.2) is 47.2 Å². The summed E-state index contributed by atoms with van der Waals surface area (Å²) >= 11 is 1.95. The fourth-order valence-electron chi connectivity index (χ4n) is 3.88. The number of anilines is 1. The molecule has 7 heteroatoms. The van der Waals surface area contributed by atoms with Crippen LogP contribution in [0.3, 0.4) is 0 Å². The normalized spacial score (nSPS) is 15.6. The predicted molar refractivity (Wildman–Crippen MR) is 127 cm³/mol. The van der Waals surface area contributed by atoms with Crippen LogP contribution in [0, 0.1) is 0 Å². The smallest absolute Gasteiger partial charge is 0.319 e. The number of hydrogen-bond donors (Lipinski definition) is 4. The van der Waals surface area contributed by atoms with Gasteiger partial charge in [-0.25, -0.2) is 4.79 Å². The first-order valence-corrected chi connectivity index (χ1v) is 11.8. The molecule has 1 unspecified atom stereocenters. The van der Waals surface area contributed by atoms with E-state index >= 15 is 0 Å². The molecule has 2 heterocycles. The lowest BCUT2D eigenvalue weighted by molar-refractivity contribution is 0.1000. The van der Waals surface area contributed by atoms with E-state index in [0.717, 1.165) is 54.0 Å². The number of fused-ring (bicyclic) bond motifs is 1. The van der Waals surface area contributed by atoms with E-state index in [4.69, 9.17) is 4.74 Å². The monoisotopic (exact) mass is 439 g/mol. The number of hydrogen-bond acceptors (Lipinski definition) is 4. The van der Waals surface area contributed by atoms with Crippen molar-refractivity contribution in [1.29, 1.82) is 0 Å². The number of aromatic nitrogens is 1. The van der Waals surface area contributed by atoms with Crippen LogP contribution in [0.5, 0.6) is 0 Å². The summed E-state index contributed by atoms with van der Waals surface area (Å²) in [6, 6.07) is 15.3. The number of carbonyl (C=O) groups is 1. The van der Waals surface area contributed by atoms with E-state index in [-0.39, 0.29) is 18.7 Å². The summed E-state index contributed by atoms with van der Waals surface area (Å²) < 4.78 is 5.42. The van der Waals surface area contributed by atoms with Crippen LogP contribution >= 0.6 is 11.8 Å². The number of aliphatic hydroxyl groups is 1. The average molecular weight is 440 g/mol. The number of aromatic amines is 1. The molecular formula is C24H29N3O3S. The highest BCUT2D eigenvalue weighted by molar-refractivity contribution is 7.99. The van der Waals surface area contributed by atoms with Crippen molar-refractivity contribution in [2.45, 2.75) is 36.3 Å². The Hall–Kier alpha value is -2.48. The lowest BCUT2D eigenvalue weighted by Crippen LogP contribution is -2.41. The van der Waals surface area contributed by atoms with Gasteiger partial charge in [-0.15, -0.1) is 0 Å². The van der Waals surface area contributed by atoms with Crippen molar-refractivity contribution in [3.63, 3.8) is 0 Å². The zero-order valence-corrected chi connectivity index (χ0v) is 18.3. The van der Waals surface area contributed by atoms with E-state index in [9.17, 15) is 9.90 Å². The van der Waals surface area contributed by atoms with E-state index in [1.54, 1.807) is 0 Å². The number of para-hydroxylation sites is 1. The summed E-state index contributed by atoms with van der Waals surface area (Å²) in [5.74, 6) is 0.918. The number of rotatable bonds is 8. The van der Waals surface area contributed by atoms with Crippen molar-refractivity contribution in [1.82, 2.24) is 10.3 Å². The van der Waals surface area contributed by atoms with Crippen molar-refractivity contribution < 1.29 is 14.6 Å². The van der Waals surface area contributed by atoms with Crippen LogP contribution in [0.25, 0.3) is 10.9 Å². The van der Waals surface area contributed by atoms with E-state index in [1.165, 1.54) is 5.56 Å². The first kappa shape index (κ1) is 21.7. The zero-order valence-electron chi connectivity index (χ0n) is 17.5. The molecule has 0 aliphatic carbocycles. The van der Waals surface area contributed by atoms with Crippen LogP contribution in [0.4, 0.5) is 10.5 Å². The van der Waals surface area contributed by atoms with Crippen molar-refractivity contribution in [2.24, 2.45) is 0 Å². The Balaban J connectivity index is 1.30. The van der Waals surface area contributed by atoms with Crippen molar-refractivity contribution >= 4 is 34.4 Å². The van der Waals surface area contributed by atoms with E-state index in [0.29, 0.717) is 11.7 Å². The van der Waals surface area contributed by atoms with Crippen LogP contribution < -0.4 is 10.6 Å². The van der Waals surface area contributed by atoms with Gasteiger partial charge in [0.25, 0.3) is 0 Å². The molecule has 4 N–H and O–H groups in total. The number of ether oxygens (including phenoxy) is 1. The molecule has 4 rings (SSSR count). The van der Waals surface area contributed by atoms with Crippen molar-refractivity contribution in [3.05, 3.63) is 65.9 Å². The first-order valence-electron chi connectivity index (χ1n) is 10.7. The van der Waals surface area contributed by atoms with Crippen LogP contribution in [-0.2, 0) is 16.9 Å². The molecule has 2 amide bonds. The van der Waals surface area contributed by atoms with Gasteiger partial charge in [-0.2, -0.15) is 11.8 Å². The van der Waals surface area contributed by atoms with Crippen molar-refractivity contribution in [2.75, 3.05) is 25.1 Å². The molecule has 1 aromatic heterocycles. The molecule has 0 saturated carbocycles. The summed E-state index contributed by atoms with van der Waals surface area (Å²) in [5, 5.41) is 17.3. The largest absolute Gasteiger partial charge is 0.394 e. The summed E-state index contributed by atoms with van der Waals surface area (Å²) in [4.78, 5) is 15.8. The van der Waals surface area contributed by atoms with Gasteiger partial charge in [0.05, 0.1) is 12.6 Å². The molecular weight excluding hydrogens is 410 g/mol. The van der Waals surface area contributed by atoms with E-state index in [1.807, 2.05) is 60.4 Å². The Kier molecular flexibility index (Phi) is 7.51. The predicted octanol–water partition coefficient (Wildman–Crippen LogP) is 4.31. The van der Waals surface area contributed by atoms with Gasteiger partial charge in [-0.05, 0) is 48.6 Å². The Labute approximate surface area is 186 Å². The molecule has 3 aromatic rings. The topological polar surface area (TPSA) is 86.4 Å². The number of nitrogens with one attached hydrogen (secondary N) is 3. The van der Waals surface area contributed by atoms with Crippen LogP contribution in [0.1, 0.15) is 24.0 Å². The van der Waals surface area contributed by atoms with Gasteiger partial charge in [-0.3, -0.25) is 0 Å². The standard InChI is InChI=1S/C24H29N3O3S/c28-15-20(13-18-14-25-23-7-2-1-6-22(18)23)27-24(29)26-19-5-3-4-17(12-19)16-31-21-8-10-30-11-9-21/h1-7,12,14,20-21,25,28H,8-11,13,15-16H2,(H2,26,27,29). The molecule has 6 nitrogen and oxygen atoms in total. The lowest BCUT2D eigenvalue weighted by atomic mass is 10.1. The summed E-state index contributed by atoms with van der Waals surface area (Å²) in [7, 11) is 0. The third kappa shape index (κ3) is 6.03. The number of amides is 2. The number of urea groups is 1. The summed E-state index contributed by atoms with van der Waals surface area (Å²) in [5.41, 5.74) is 4.06. The molecule has 1 fully saturated rings. The number of thioether (sulfide) groups is 1. The van der Waals surface area contributed by atoms with Crippen LogP contribution in [0.2, 0.25) is 0 Å². The minimum absolute atomic E-state index is 0.130. The molecule has 0 radical (unpaired) electrons. The van der Waals surface area contributed by atoms with Crippen molar-refractivity contribution in [3.8, 4) is 0 Å². The summed E-state index contributed by atoms with van der Waals surface area (Å²) in [6.07, 6.45) is 4.69. The number of aliphatic hydroxyl groups excluding tert-OH is 1.